The lowest BCUT2D eigenvalue weighted by molar-refractivity contribution is -1.92. The van der Waals surface area contributed by atoms with E-state index >= 15 is 0 Å². The Morgan fingerprint density at radius 3 is 1.04 bits per heavy atom. The minimum Gasteiger partial charge on any atom is -0.399 e. The van der Waals surface area contributed by atoms with E-state index in [-0.39, 0.29) is 0 Å². The fourth-order valence-electron chi connectivity index (χ4n) is 2.93. The number of benzene rings is 3. The predicted octanol–water partition coefficient (Wildman–Crippen LogP) is -0.361. The number of halogens is 1. The molecule has 0 spiro atoms. The van der Waals surface area contributed by atoms with Crippen LogP contribution >= 0.6 is 0 Å². The SMILES string of the molecule is Nc1ccc(C(O[Cl+3]([O-])([O-])[O-])(c2ccc(N)cc2)c2ccc(N)cc2)cc1. The van der Waals surface area contributed by atoms with Gasteiger partial charge in [-0.2, -0.15) is 14.0 Å². The van der Waals surface area contributed by atoms with Gasteiger partial charge in [-0.1, -0.05) is 36.4 Å². The molecule has 3 aromatic rings. The first-order valence-electron chi connectivity index (χ1n) is 7.90. The second-order valence-corrected chi connectivity index (χ2v) is 6.91. The van der Waals surface area contributed by atoms with Gasteiger partial charge in [0.05, 0.1) is 14.5 Å². The highest BCUT2D eigenvalue weighted by Gasteiger charge is 2.51. The molecular formula is C19H18ClN3O4. The van der Waals surface area contributed by atoms with Crippen LogP contribution in [0.5, 0.6) is 0 Å². The Morgan fingerprint density at radius 1 is 0.556 bits per heavy atom. The molecule has 3 aromatic carbocycles. The maximum Gasteiger partial charge on any atom is 0.298 e. The van der Waals surface area contributed by atoms with Crippen LogP contribution in [0.2, 0.25) is 0 Å². The quantitative estimate of drug-likeness (QED) is 0.398. The van der Waals surface area contributed by atoms with Crippen molar-refractivity contribution in [2.75, 3.05) is 17.2 Å². The summed E-state index contributed by atoms with van der Waals surface area (Å²) in [6, 6.07) is 19.2. The molecule has 0 bridgehead atoms. The van der Waals surface area contributed by atoms with E-state index in [2.05, 4.69) is 0 Å². The maximum atomic E-state index is 11.7. The van der Waals surface area contributed by atoms with E-state index in [4.69, 9.17) is 21.5 Å². The lowest BCUT2D eigenvalue weighted by Crippen LogP contribution is -2.64. The van der Waals surface area contributed by atoms with Gasteiger partial charge in [0.15, 0.2) is 0 Å². The molecule has 7 nitrogen and oxygen atoms in total. The first-order chi connectivity index (χ1) is 12.7. The number of nitrogen functional groups attached to an aromatic ring is 3. The summed E-state index contributed by atoms with van der Waals surface area (Å²) in [5.74, 6) is 0. The van der Waals surface area contributed by atoms with Crippen molar-refractivity contribution in [3.8, 4) is 0 Å². The van der Waals surface area contributed by atoms with E-state index < -0.39 is 15.8 Å². The van der Waals surface area contributed by atoms with Gasteiger partial charge in [-0.25, -0.2) is 0 Å². The number of rotatable bonds is 5. The Balaban J connectivity index is 2.34. The van der Waals surface area contributed by atoms with Crippen LogP contribution in [0.15, 0.2) is 72.8 Å². The highest BCUT2D eigenvalue weighted by molar-refractivity contribution is 5.54. The third-order valence-corrected chi connectivity index (χ3v) is 4.58. The topological polar surface area (TPSA) is 156 Å². The molecule has 0 aliphatic carbocycles. The summed E-state index contributed by atoms with van der Waals surface area (Å²) in [4.78, 5) is 0. The van der Waals surface area contributed by atoms with Gasteiger partial charge in [-0.3, -0.25) is 0 Å². The highest BCUT2D eigenvalue weighted by Crippen LogP contribution is 2.42. The van der Waals surface area contributed by atoms with Crippen LogP contribution in [-0.4, -0.2) is 0 Å². The fourth-order valence-corrected chi connectivity index (χ4v) is 3.48. The minimum atomic E-state index is -4.79. The zero-order chi connectivity index (χ0) is 19.7. The zero-order valence-corrected chi connectivity index (χ0v) is 14.9. The van der Waals surface area contributed by atoms with E-state index in [9.17, 15) is 14.0 Å². The second-order valence-electron chi connectivity index (χ2n) is 6.00. The summed E-state index contributed by atoms with van der Waals surface area (Å²) in [6.07, 6.45) is 0. The first-order valence-corrected chi connectivity index (χ1v) is 9.14. The number of hydrogen-bond acceptors (Lipinski definition) is 7. The summed E-state index contributed by atoms with van der Waals surface area (Å²) in [7, 11) is -4.79. The van der Waals surface area contributed by atoms with E-state index in [0.717, 1.165) is 0 Å². The van der Waals surface area contributed by atoms with E-state index in [0.29, 0.717) is 33.8 Å². The van der Waals surface area contributed by atoms with Crippen molar-refractivity contribution in [3.05, 3.63) is 89.5 Å². The van der Waals surface area contributed by atoms with Gasteiger partial charge >= 0.3 is 0 Å². The molecule has 3 rings (SSSR count). The van der Waals surface area contributed by atoms with Crippen LogP contribution in [0, 0.1) is 10.2 Å². The third kappa shape index (κ3) is 3.97. The molecule has 0 amide bonds. The zero-order valence-electron chi connectivity index (χ0n) is 14.2. The Hall–Kier alpha value is -2.81. The van der Waals surface area contributed by atoms with Crippen molar-refractivity contribution in [2.45, 2.75) is 5.60 Å². The van der Waals surface area contributed by atoms with E-state index in [1.54, 1.807) is 72.8 Å². The van der Waals surface area contributed by atoms with Crippen LogP contribution in [-0.2, 0) is 9.89 Å². The van der Waals surface area contributed by atoms with Crippen LogP contribution in [0.4, 0.5) is 17.1 Å². The Labute approximate surface area is 158 Å². The molecule has 140 valence electrons. The Bertz CT molecular complexity index is 797. The molecule has 0 heterocycles. The smallest absolute Gasteiger partial charge is 0.298 e. The number of anilines is 3. The summed E-state index contributed by atoms with van der Waals surface area (Å²) >= 11 is 0. The summed E-state index contributed by atoms with van der Waals surface area (Å²) in [5, 5.41) is 0. The predicted molar refractivity (Wildman–Crippen MR) is 93.5 cm³/mol. The van der Waals surface area contributed by atoms with Crippen LogP contribution in [0.3, 0.4) is 0 Å². The van der Waals surface area contributed by atoms with Gasteiger partial charge < -0.3 is 17.2 Å². The van der Waals surface area contributed by atoms with Crippen LogP contribution in [0.25, 0.3) is 0 Å². The molecule has 27 heavy (non-hydrogen) atoms. The number of nitrogens with two attached hydrogens (primary N) is 3. The molecule has 0 unspecified atom stereocenters. The first kappa shape index (κ1) is 19.0. The van der Waals surface area contributed by atoms with Gasteiger partial charge in [0, 0.05) is 33.8 Å². The van der Waals surface area contributed by atoms with Crippen LogP contribution < -0.4 is 31.2 Å². The standard InChI is InChI=1S/C19H18ClN3O4/c21-16-7-1-13(2-8-16)19(27-20(24,25)26,14-3-9-17(22)10-4-14)15-5-11-18(23)12-6-15/h1-12H,21-23H2. The minimum absolute atomic E-state index is 0.401. The fraction of sp³-hybridized carbons (Fsp3) is 0.0526. The molecule has 0 radical (unpaired) electrons. The van der Waals surface area contributed by atoms with Crippen molar-refractivity contribution in [1.29, 1.82) is 0 Å². The number of hydrogen-bond donors (Lipinski definition) is 3. The summed E-state index contributed by atoms with van der Waals surface area (Å²) in [5.41, 5.74) is 18.2. The normalized spacial score (nSPS) is 12.1. The Morgan fingerprint density at radius 2 is 0.815 bits per heavy atom. The Kier molecular flexibility index (Phi) is 4.97. The van der Waals surface area contributed by atoms with Crippen molar-refractivity contribution in [3.63, 3.8) is 0 Å². The molecule has 0 saturated heterocycles. The molecule has 0 atom stereocenters. The summed E-state index contributed by atoms with van der Waals surface area (Å²) in [6.45, 7) is 0. The lowest BCUT2D eigenvalue weighted by atomic mass is 9.80. The highest BCUT2D eigenvalue weighted by atomic mass is 35.7. The van der Waals surface area contributed by atoms with Crippen molar-refractivity contribution >= 4 is 17.1 Å². The largest absolute Gasteiger partial charge is 0.399 e. The molecular weight excluding hydrogens is 370 g/mol. The molecule has 6 N–H and O–H groups in total. The van der Waals surface area contributed by atoms with Gasteiger partial charge in [0.2, 0.25) is 0 Å². The van der Waals surface area contributed by atoms with E-state index in [1.165, 1.54) is 0 Å². The van der Waals surface area contributed by atoms with Gasteiger partial charge in [0.1, 0.15) is 0 Å². The van der Waals surface area contributed by atoms with Gasteiger partial charge in [-0.15, -0.1) is 0 Å². The molecule has 0 aliphatic rings. The van der Waals surface area contributed by atoms with Crippen molar-refractivity contribution in [1.82, 2.24) is 0 Å². The van der Waals surface area contributed by atoms with Crippen molar-refractivity contribution < 1.29 is 28.5 Å². The van der Waals surface area contributed by atoms with Gasteiger partial charge in [0.25, 0.3) is 5.60 Å². The third-order valence-electron chi connectivity index (χ3n) is 4.16. The molecule has 0 saturated carbocycles. The molecule has 0 aliphatic heterocycles. The van der Waals surface area contributed by atoms with Crippen molar-refractivity contribution in [2.24, 2.45) is 0 Å². The monoisotopic (exact) mass is 387 g/mol. The maximum absolute atomic E-state index is 11.7. The lowest BCUT2D eigenvalue weighted by Gasteiger charge is -2.31. The van der Waals surface area contributed by atoms with E-state index in [1.807, 2.05) is 0 Å². The molecule has 0 aromatic heterocycles. The molecule has 8 heteroatoms. The van der Waals surface area contributed by atoms with Crippen LogP contribution in [0.1, 0.15) is 16.7 Å². The average Bonchev–Trinajstić information content (AvgIpc) is 2.61. The van der Waals surface area contributed by atoms with Gasteiger partial charge in [-0.05, 0) is 36.4 Å². The second kappa shape index (κ2) is 7.07. The summed E-state index contributed by atoms with van der Waals surface area (Å²) < 4.78 is 40.2. The molecule has 0 fully saturated rings. The average molecular weight is 388 g/mol.